The van der Waals surface area contributed by atoms with Crippen LogP contribution >= 0.6 is 0 Å². The van der Waals surface area contributed by atoms with Crippen LogP contribution in [0.5, 0.6) is 0 Å². The molecule has 1 aliphatic heterocycles. The Balaban J connectivity index is 1.37. The van der Waals surface area contributed by atoms with Crippen LogP contribution < -0.4 is 15.5 Å². The van der Waals surface area contributed by atoms with E-state index in [9.17, 15) is 4.79 Å². The molecule has 0 unspecified atom stereocenters. The molecule has 1 saturated heterocycles. The van der Waals surface area contributed by atoms with Crippen molar-refractivity contribution in [2.45, 2.75) is 25.8 Å². The van der Waals surface area contributed by atoms with E-state index in [1.807, 2.05) is 49.4 Å². The maximum absolute atomic E-state index is 12.4. The zero-order chi connectivity index (χ0) is 19.3. The summed E-state index contributed by atoms with van der Waals surface area (Å²) in [4.78, 5) is 18.7. The fourth-order valence-corrected chi connectivity index (χ4v) is 3.51. The van der Waals surface area contributed by atoms with Crippen LogP contribution in [-0.4, -0.2) is 40.3 Å². The molecule has 1 fully saturated rings. The van der Waals surface area contributed by atoms with Crippen LogP contribution in [0.15, 0.2) is 54.9 Å². The zero-order valence-corrected chi connectivity index (χ0v) is 15.9. The third-order valence-electron chi connectivity index (χ3n) is 5.03. The topological polar surface area (TPSA) is 85.9 Å². The van der Waals surface area contributed by atoms with Gasteiger partial charge in [0.1, 0.15) is 0 Å². The fraction of sp³-hybridized carbons (Fsp3) is 0.286. The van der Waals surface area contributed by atoms with Gasteiger partial charge in [-0.3, -0.25) is 10.1 Å². The highest BCUT2D eigenvalue weighted by atomic mass is 16.2. The van der Waals surface area contributed by atoms with E-state index in [0.717, 1.165) is 54.3 Å². The van der Waals surface area contributed by atoms with E-state index < -0.39 is 0 Å². The van der Waals surface area contributed by atoms with Gasteiger partial charge < -0.3 is 15.5 Å². The molecule has 28 heavy (non-hydrogen) atoms. The standard InChI is InChI=1S/C21H24N6O/c1-15-5-2-3-7-18(15)24-21(28)23-17-6-4-12-27(14-17)20-13-19(25-26-20)16-8-10-22-11-9-16/h2-3,5,7-11,13,17H,4,6,12,14H2,1H3,(H,25,26)(H2,23,24,28)/t17-/m0/s1. The van der Waals surface area contributed by atoms with Crippen LogP contribution in [0.2, 0.25) is 0 Å². The highest BCUT2D eigenvalue weighted by molar-refractivity contribution is 5.90. The number of aromatic nitrogens is 3. The Morgan fingerprint density at radius 2 is 2.04 bits per heavy atom. The van der Waals surface area contributed by atoms with Crippen molar-refractivity contribution in [1.82, 2.24) is 20.5 Å². The molecule has 1 aromatic carbocycles. The molecule has 7 heteroatoms. The summed E-state index contributed by atoms with van der Waals surface area (Å²) in [5, 5.41) is 13.6. The largest absolute Gasteiger partial charge is 0.353 e. The number of aromatic amines is 1. The van der Waals surface area contributed by atoms with E-state index >= 15 is 0 Å². The number of H-pyrrole nitrogens is 1. The lowest BCUT2D eigenvalue weighted by molar-refractivity contribution is 0.246. The van der Waals surface area contributed by atoms with Crippen molar-refractivity contribution in [3.8, 4) is 11.3 Å². The quantitative estimate of drug-likeness (QED) is 0.650. The lowest BCUT2D eigenvalue weighted by Crippen LogP contribution is -2.49. The van der Waals surface area contributed by atoms with Gasteiger partial charge in [0.05, 0.1) is 5.69 Å². The summed E-state index contributed by atoms with van der Waals surface area (Å²) in [5.74, 6) is 0.901. The second-order valence-corrected chi connectivity index (χ2v) is 7.07. The molecule has 1 atom stereocenters. The highest BCUT2D eigenvalue weighted by Gasteiger charge is 2.23. The number of para-hydroxylation sites is 1. The Hall–Kier alpha value is -3.35. The number of nitrogens with zero attached hydrogens (tertiary/aromatic N) is 3. The number of carbonyl (C=O) groups excluding carboxylic acids is 1. The average molecular weight is 376 g/mol. The van der Waals surface area contributed by atoms with Crippen molar-refractivity contribution >= 4 is 17.5 Å². The highest BCUT2D eigenvalue weighted by Crippen LogP contribution is 2.24. The van der Waals surface area contributed by atoms with E-state index in [0.29, 0.717) is 0 Å². The van der Waals surface area contributed by atoms with Gasteiger partial charge in [0, 0.05) is 48.8 Å². The number of hydrogen-bond donors (Lipinski definition) is 3. The Kier molecular flexibility index (Phi) is 5.23. The van der Waals surface area contributed by atoms with E-state index in [4.69, 9.17) is 0 Å². The minimum Gasteiger partial charge on any atom is -0.353 e. The van der Waals surface area contributed by atoms with Gasteiger partial charge in [-0.15, -0.1) is 0 Å². The van der Waals surface area contributed by atoms with Crippen molar-refractivity contribution < 1.29 is 4.79 Å². The van der Waals surface area contributed by atoms with E-state index in [1.165, 1.54) is 0 Å². The summed E-state index contributed by atoms with van der Waals surface area (Å²) in [6, 6.07) is 13.6. The first-order valence-electron chi connectivity index (χ1n) is 9.53. The van der Waals surface area contributed by atoms with Crippen molar-refractivity contribution in [1.29, 1.82) is 0 Å². The number of amides is 2. The summed E-state index contributed by atoms with van der Waals surface area (Å²) < 4.78 is 0. The molecule has 7 nitrogen and oxygen atoms in total. The number of rotatable bonds is 4. The number of pyridine rings is 1. The smallest absolute Gasteiger partial charge is 0.319 e. The number of piperidine rings is 1. The van der Waals surface area contributed by atoms with Gasteiger partial charge in [-0.05, 0) is 43.5 Å². The molecule has 2 aromatic heterocycles. The number of carbonyl (C=O) groups is 1. The van der Waals surface area contributed by atoms with Gasteiger partial charge in [-0.1, -0.05) is 18.2 Å². The number of hydrogen-bond acceptors (Lipinski definition) is 4. The first-order valence-corrected chi connectivity index (χ1v) is 9.53. The van der Waals surface area contributed by atoms with E-state index in [2.05, 4.69) is 30.7 Å². The summed E-state index contributed by atoms with van der Waals surface area (Å²) in [6.45, 7) is 3.65. The molecule has 0 radical (unpaired) electrons. The average Bonchev–Trinajstić information content (AvgIpc) is 3.21. The Morgan fingerprint density at radius 3 is 2.86 bits per heavy atom. The molecular formula is C21H24N6O. The van der Waals surface area contributed by atoms with Crippen LogP contribution in [0, 0.1) is 6.92 Å². The minimum atomic E-state index is -0.166. The van der Waals surface area contributed by atoms with Crippen molar-refractivity contribution in [3.05, 3.63) is 60.4 Å². The lowest BCUT2D eigenvalue weighted by Gasteiger charge is -2.33. The molecule has 0 bridgehead atoms. The maximum atomic E-state index is 12.4. The van der Waals surface area contributed by atoms with Gasteiger partial charge in [-0.2, -0.15) is 5.10 Å². The molecule has 2 amide bonds. The number of nitrogens with one attached hydrogen (secondary N) is 3. The molecule has 3 heterocycles. The van der Waals surface area contributed by atoms with Crippen LogP contribution in [0.25, 0.3) is 11.3 Å². The molecule has 0 aliphatic carbocycles. The summed E-state index contributed by atoms with van der Waals surface area (Å²) >= 11 is 0. The van der Waals surface area contributed by atoms with Crippen LogP contribution in [-0.2, 0) is 0 Å². The van der Waals surface area contributed by atoms with E-state index in [-0.39, 0.29) is 12.1 Å². The molecule has 4 rings (SSSR count). The number of benzene rings is 1. The first kappa shape index (κ1) is 18.0. The van der Waals surface area contributed by atoms with Crippen molar-refractivity contribution in [3.63, 3.8) is 0 Å². The number of anilines is 2. The second-order valence-electron chi connectivity index (χ2n) is 7.07. The molecular weight excluding hydrogens is 352 g/mol. The normalized spacial score (nSPS) is 16.6. The summed E-state index contributed by atoms with van der Waals surface area (Å²) in [6.07, 6.45) is 5.50. The molecule has 0 saturated carbocycles. The number of aryl methyl sites for hydroxylation is 1. The van der Waals surface area contributed by atoms with Gasteiger partial charge in [0.15, 0.2) is 5.82 Å². The van der Waals surface area contributed by atoms with Crippen LogP contribution in [0.3, 0.4) is 0 Å². The SMILES string of the molecule is Cc1ccccc1NC(=O)N[C@H]1CCCN(c2cc(-c3ccncc3)[nH]n2)C1. The van der Waals surface area contributed by atoms with E-state index in [1.54, 1.807) is 12.4 Å². The third-order valence-corrected chi connectivity index (χ3v) is 5.03. The Bertz CT molecular complexity index is 939. The predicted octanol–water partition coefficient (Wildman–Crippen LogP) is 3.57. The third kappa shape index (κ3) is 4.14. The van der Waals surface area contributed by atoms with Crippen molar-refractivity contribution in [2.75, 3.05) is 23.3 Å². The summed E-state index contributed by atoms with van der Waals surface area (Å²) in [7, 11) is 0. The maximum Gasteiger partial charge on any atom is 0.319 e. The van der Waals surface area contributed by atoms with Gasteiger partial charge in [-0.25, -0.2) is 4.79 Å². The predicted molar refractivity (Wildman–Crippen MR) is 110 cm³/mol. The van der Waals surface area contributed by atoms with Crippen LogP contribution in [0.1, 0.15) is 18.4 Å². The van der Waals surface area contributed by atoms with Gasteiger partial charge >= 0.3 is 6.03 Å². The monoisotopic (exact) mass is 376 g/mol. The number of urea groups is 1. The lowest BCUT2D eigenvalue weighted by atomic mass is 10.1. The Labute approximate surface area is 164 Å². The first-order chi connectivity index (χ1) is 13.7. The second kappa shape index (κ2) is 8.12. The molecule has 3 aromatic rings. The zero-order valence-electron chi connectivity index (χ0n) is 15.9. The fourth-order valence-electron chi connectivity index (χ4n) is 3.51. The summed E-state index contributed by atoms with van der Waals surface area (Å²) in [5.41, 5.74) is 3.90. The molecule has 144 valence electrons. The minimum absolute atomic E-state index is 0.0823. The molecule has 1 aliphatic rings. The van der Waals surface area contributed by atoms with Gasteiger partial charge in [0.2, 0.25) is 0 Å². The van der Waals surface area contributed by atoms with Gasteiger partial charge in [0.25, 0.3) is 0 Å². The Morgan fingerprint density at radius 1 is 1.21 bits per heavy atom. The van der Waals surface area contributed by atoms with Crippen molar-refractivity contribution in [2.24, 2.45) is 0 Å². The van der Waals surface area contributed by atoms with Crippen LogP contribution in [0.4, 0.5) is 16.3 Å². The molecule has 3 N–H and O–H groups in total. The molecule has 0 spiro atoms.